The second-order valence-corrected chi connectivity index (χ2v) is 11.8. The molecule has 1 saturated carbocycles. The van der Waals surface area contributed by atoms with Crippen LogP contribution in [0.2, 0.25) is 0 Å². The van der Waals surface area contributed by atoms with E-state index in [1.54, 1.807) is 21.8 Å². The zero-order valence-electron chi connectivity index (χ0n) is 25.1. The van der Waals surface area contributed by atoms with Gasteiger partial charge in [0.1, 0.15) is 11.9 Å². The smallest absolute Gasteiger partial charge is 0.228 e. The Morgan fingerprint density at radius 3 is 2.23 bits per heavy atom. The molecule has 1 aliphatic rings. The Morgan fingerprint density at radius 1 is 0.909 bits per heavy atom. The number of carbonyl (C=O) groups is 1. The van der Waals surface area contributed by atoms with Crippen molar-refractivity contribution in [1.82, 2.24) is 34.8 Å². The molecular formula is C35H36N8O. The van der Waals surface area contributed by atoms with Crippen LogP contribution < -0.4 is 5.32 Å². The minimum absolute atomic E-state index is 0.0722. The van der Waals surface area contributed by atoms with Crippen molar-refractivity contribution in [2.24, 2.45) is 25.9 Å². The van der Waals surface area contributed by atoms with Crippen LogP contribution in [-0.2, 0) is 31.9 Å². The van der Waals surface area contributed by atoms with Gasteiger partial charge >= 0.3 is 0 Å². The lowest BCUT2D eigenvalue weighted by molar-refractivity contribution is -0.124. The maximum atomic E-state index is 13.8. The van der Waals surface area contributed by atoms with Crippen molar-refractivity contribution >= 4 is 5.91 Å². The van der Waals surface area contributed by atoms with E-state index in [0.29, 0.717) is 23.7 Å². The van der Waals surface area contributed by atoms with Crippen LogP contribution in [0.15, 0.2) is 85.6 Å². The van der Waals surface area contributed by atoms with Gasteiger partial charge in [-0.25, -0.2) is 9.97 Å². The van der Waals surface area contributed by atoms with Gasteiger partial charge in [-0.15, -0.1) is 0 Å². The van der Waals surface area contributed by atoms with Gasteiger partial charge in [-0.2, -0.15) is 15.5 Å². The maximum absolute atomic E-state index is 13.8. The molecule has 2 aromatic carbocycles. The Morgan fingerprint density at radius 2 is 1.59 bits per heavy atom. The molecule has 1 atom stereocenters. The molecule has 44 heavy (non-hydrogen) atoms. The molecule has 9 nitrogen and oxygen atoms in total. The molecule has 5 aromatic rings. The van der Waals surface area contributed by atoms with Gasteiger partial charge in [-0.3, -0.25) is 14.2 Å². The summed E-state index contributed by atoms with van der Waals surface area (Å²) in [5.41, 5.74) is 6.17. The first-order valence-corrected chi connectivity index (χ1v) is 15.1. The highest BCUT2D eigenvalue weighted by Gasteiger charge is 2.33. The van der Waals surface area contributed by atoms with Crippen molar-refractivity contribution in [2.75, 3.05) is 0 Å². The highest BCUT2D eigenvalue weighted by Crippen LogP contribution is 2.40. The third-order valence-electron chi connectivity index (χ3n) is 8.67. The van der Waals surface area contributed by atoms with E-state index >= 15 is 0 Å². The Kier molecular flexibility index (Phi) is 8.59. The molecule has 1 fully saturated rings. The summed E-state index contributed by atoms with van der Waals surface area (Å²) >= 11 is 0. The van der Waals surface area contributed by atoms with Crippen LogP contribution in [0.1, 0.15) is 54.1 Å². The fourth-order valence-corrected chi connectivity index (χ4v) is 6.33. The topological polar surface area (TPSA) is 114 Å². The Bertz CT molecular complexity index is 1760. The van der Waals surface area contributed by atoms with Crippen molar-refractivity contribution in [1.29, 1.82) is 5.26 Å². The zero-order chi connectivity index (χ0) is 30.5. The SMILES string of the molecule is Cn1cc(-c2ccc(C(C(=O)NCc3ccccc3)C3CCC(Cc4ncc(C#N)c(-c5cnn(C)c5)n4)CC3)cc2)cn1. The number of hydrogen-bond acceptors (Lipinski definition) is 6. The van der Waals surface area contributed by atoms with E-state index < -0.39 is 0 Å². The number of hydrogen-bond donors (Lipinski definition) is 1. The highest BCUT2D eigenvalue weighted by molar-refractivity contribution is 5.84. The number of aryl methyl sites for hydroxylation is 2. The first kappa shape index (κ1) is 29.0. The molecule has 0 saturated heterocycles. The van der Waals surface area contributed by atoms with E-state index in [4.69, 9.17) is 4.98 Å². The molecule has 1 unspecified atom stereocenters. The average molecular weight is 585 g/mol. The monoisotopic (exact) mass is 584 g/mol. The third kappa shape index (κ3) is 6.60. The van der Waals surface area contributed by atoms with E-state index in [2.05, 4.69) is 50.8 Å². The summed E-state index contributed by atoms with van der Waals surface area (Å²) < 4.78 is 3.50. The van der Waals surface area contributed by atoms with Gasteiger partial charge in [0.2, 0.25) is 5.91 Å². The first-order chi connectivity index (χ1) is 21.5. The van der Waals surface area contributed by atoms with Crippen LogP contribution in [0.3, 0.4) is 0 Å². The molecule has 0 bridgehead atoms. The number of benzene rings is 2. The van der Waals surface area contributed by atoms with Gasteiger partial charge in [-0.05, 0) is 54.2 Å². The van der Waals surface area contributed by atoms with E-state index in [0.717, 1.165) is 65.7 Å². The Balaban J connectivity index is 1.17. The van der Waals surface area contributed by atoms with Crippen LogP contribution in [0.25, 0.3) is 22.4 Å². The number of rotatable bonds is 9. The van der Waals surface area contributed by atoms with Gasteiger partial charge in [0, 0.05) is 56.8 Å². The first-order valence-electron chi connectivity index (χ1n) is 15.1. The van der Waals surface area contributed by atoms with E-state index in [9.17, 15) is 10.1 Å². The lowest BCUT2D eigenvalue weighted by Gasteiger charge is -2.33. The Hall–Kier alpha value is -5.10. The minimum Gasteiger partial charge on any atom is -0.351 e. The van der Waals surface area contributed by atoms with E-state index in [-0.39, 0.29) is 17.7 Å². The summed E-state index contributed by atoms with van der Waals surface area (Å²) in [6, 6.07) is 20.7. The molecule has 0 aliphatic heterocycles. The quantitative estimate of drug-likeness (QED) is 0.241. The molecule has 222 valence electrons. The van der Waals surface area contributed by atoms with Crippen molar-refractivity contribution in [3.05, 3.63) is 108 Å². The molecule has 1 aliphatic carbocycles. The second kappa shape index (κ2) is 13.0. The fourth-order valence-electron chi connectivity index (χ4n) is 6.33. The number of carbonyl (C=O) groups excluding carboxylic acids is 1. The second-order valence-electron chi connectivity index (χ2n) is 11.8. The largest absolute Gasteiger partial charge is 0.351 e. The van der Waals surface area contributed by atoms with Gasteiger partial charge in [-0.1, -0.05) is 54.6 Å². The molecule has 0 radical (unpaired) electrons. The van der Waals surface area contributed by atoms with Crippen LogP contribution in [-0.4, -0.2) is 35.4 Å². The number of nitrogens with one attached hydrogen (secondary N) is 1. The van der Waals surface area contributed by atoms with Crippen molar-refractivity contribution in [2.45, 2.75) is 44.6 Å². The summed E-state index contributed by atoms with van der Waals surface area (Å²) in [7, 11) is 3.76. The molecule has 3 aromatic heterocycles. The molecular weight excluding hydrogens is 548 g/mol. The lowest BCUT2D eigenvalue weighted by atomic mass is 9.72. The van der Waals surface area contributed by atoms with Crippen LogP contribution in [0.5, 0.6) is 0 Å². The van der Waals surface area contributed by atoms with E-state index in [1.807, 2.05) is 63.0 Å². The molecule has 3 heterocycles. The third-order valence-corrected chi connectivity index (χ3v) is 8.67. The predicted octanol–water partition coefficient (Wildman–Crippen LogP) is 5.60. The van der Waals surface area contributed by atoms with Crippen molar-refractivity contribution < 1.29 is 4.79 Å². The van der Waals surface area contributed by atoms with Gasteiger partial charge in [0.25, 0.3) is 0 Å². The van der Waals surface area contributed by atoms with Crippen LogP contribution >= 0.6 is 0 Å². The summed E-state index contributed by atoms with van der Waals surface area (Å²) in [6.07, 6.45) is 13.7. The zero-order valence-corrected chi connectivity index (χ0v) is 25.1. The molecule has 0 spiro atoms. The predicted molar refractivity (Wildman–Crippen MR) is 168 cm³/mol. The number of nitrogens with zero attached hydrogens (tertiary/aromatic N) is 7. The van der Waals surface area contributed by atoms with Gasteiger partial charge < -0.3 is 5.32 Å². The normalized spacial score (nSPS) is 17.1. The lowest BCUT2D eigenvalue weighted by Crippen LogP contribution is -2.35. The molecule has 1 N–H and O–H groups in total. The fraction of sp³-hybridized carbons (Fsp3) is 0.314. The van der Waals surface area contributed by atoms with Crippen molar-refractivity contribution in [3.63, 3.8) is 0 Å². The molecule has 1 amide bonds. The molecule has 6 rings (SSSR count). The maximum Gasteiger partial charge on any atom is 0.228 e. The summed E-state index contributed by atoms with van der Waals surface area (Å²) in [5.74, 6) is 1.24. The van der Waals surface area contributed by atoms with Crippen LogP contribution in [0.4, 0.5) is 0 Å². The Labute approximate surface area is 257 Å². The summed E-state index contributed by atoms with van der Waals surface area (Å²) in [6.45, 7) is 0.509. The standard InChI is InChI=1S/C35H36N8O/c1-42-22-30(20-39-42)26-12-14-28(15-13-26)33(35(44)38-18-25-6-4-3-5-7-25)27-10-8-24(9-11-27)16-32-37-19-29(17-36)34(41-32)31-21-40-43(2)23-31/h3-7,12-15,19-24,27,33H,8-11,16,18H2,1-2H3,(H,38,44). The number of aromatic nitrogens is 6. The number of amides is 1. The van der Waals surface area contributed by atoms with Crippen molar-refractivity contribution in [3.8, 4) is 28.5 Å². The van der Waals surface area contributed by atoms with Gasteiger partial charge in [0.05, 0.1) is 29.6 Å². The van der Waals surface area contributed by atoms with Crippen LogP contribution in [0, 0.1) is 23.2 Å². The highest BCUT2D eigenvalue weighted by atomic mass is 16.1. The van der Waals surface area contributed by atoms with E-state index in [1.165, 1.54) is 0 Å². The average Bonchev–Trinajstić information content (AvgIpc) is 3.70. The van der Waals surface area contributed by atoms with Gasteiger partial charge in [0.15, 0.2) is 0 Å². The minimum atomic E-state index is -0.231. The summed E-state index contributed by atoms with van der Waals surface area (Å²) in [4.78, 5) is 23.1. The summed E-state index contributed by atoms with van der Waals surface area (Å²) in [5, 5.41) is 21.4. The molecule has 9 heteroatoms. The number of nitriles is 1.